The quantitative estimate of drug-likeness (QED) is 0.746. The second-order valence-corrected chi connectivity index (χ2v) is 3.78. The summed E-state index contributed by atoms with van der Waals surface area (Å²) in [6.07, 6.45) is 4.35. The van der Waals surface area contributed by atoms with E-state index in [0.29, 0.717) is 11.3 Å². The standard InChI is InChI=1S/C12H8N4O2/c13-8-6-14-5-3-9(8)16-11(17)7-2-1-4-15-10(7)12(16)18/h1-6H,13H2. The number of hydrogen-bond acceptors (Lipinski definition) is 5. The lowest BCUT2D eigenvalue weighted by Crippen LogP contribution is -2.30. The van der Waals surface area contributed by atoms with Crippen molar-refractivity contribution in [1.29, 1.82) is 0 Å². The molecule has 2 amide bonds. The highest BCUT2D eigenvalue weighted by atomic mass is 16.2. The molecule has 2 N–H and O–H groups in total. The van der Waals surface area contributed by atoms with Crippen LogP contribution in [0.1, 0.15) is 20.8 Å². The van der Waals surface area contributed by atoms with Crippen molar-refractivity contribution in [3.05, 3.63) is 48.0 Å². The van der Waals surface area contributed by atoms with E-state index >= 15 is 0 Å². The third kappa shape index (κ3) is 1.29. The van der Waals surface area contributed by atoms with Crippen LogP contribution in [-0.2, 0) is 0 Å². The van der Waals surface area contributed by atoms with E-state index in [1.807, 2.05) is 0 Å². The van der Waals surface area contributed by atoms with Gasteiger partial charge in [-0.25, -0.2) is 4.90 Å². The molecule has 18 heavy (non-hydrogen) atoms. The molecule has 0 atom stereocenters. The number of pyridine rings is 2. The van der Waals surface area contributed by atoms with Crippen molar-refractivity contribution < 1.29 is 9.59 Å². The van der Waals surface area contributed by atoms with Gasteiger partial charge >= 0.3 is 0 Å². The van der Waals surface area contributed by atoms with E-state index in [-0.39, 0.29) is 11.4 Å². The van der Waals surface area contributed by atoms with Crippen molar-refractivity contribution in [2.45, 2.75) is 0 Å². The van der Waals surface area contributed by atoms with Crippen LogP contribution in [0.25, 0.3) is 0 Å². The number of carbonyl (C=O) groups excluding carboxylic acids is 2. The average Bonchev–Trinajstić information content (AvgIpc) is 2.64. The minimum Gasteiger partial charge on any atom is -0.396 e. The second-order valence-electron chi connectivity index (χ2n) is 3.78. The fourth-order valence-electron chi connectivity index (χ4n) is 1.89. The number of nitrogens with two attached hydrogens (primary N) is 1. The van der Waals surface area contributed by atoms with Crippen molar-refractivity contribution in [2.75, 3.05) is 10.6 Å². The molecule has 1 aliphatic heterocycles. The van der Waals surface area contributed by atoms with Crippen LogP contribution in [0.4, 0.5) is 11.4 Å². The number of imide groups is 1. The van der Waals surface area contributed by atoms with Crippen molar-refractivity contribution in [2.24, 2.45) is 0 Å². The predicted octanol–water partition coefficient (Wildman–Crippen LogP) is 0.859. The number of amides is 2. The Morgan fingerprint density at radius 3 is 2.67 bits per heavy atom. The summed E-state index contributed by atoms with van der Waals surface area (Å²) in [5, 5.41) is 0. The molecule has 0 aliphatic carbocycles. The summed E-state index contributed by atoms with van der Waals surface area (Å²) in [6.45, 7) is 0. The Morgan fingerprint density at radius 1 is 1.11 bits per heavy atom. The van der Waals surface area contributed by atoms with Crippen LogP contribution in [0.5, 0.6) is 0 Å². The normalized spacial score (nSPS) is 13.9. The monoisotopic (exact) mass is 240 g/mol. The lowest BCUT2D eigenvalue weighted by atomic mass is 10.2. The first kappa shape index (κ1) is 10.4. The van der Waals surface area contributed by atoms with Crippen LogP contribution in [0.2, 0.25) is 0 Å². The van der Waals surface area contributed by atoms with Gasteiger partial charge in [0.2, 0.25) is 0 Å². The number of hydrogen-bond donors (Lipinski definition) is 1. The van der Waals surface area contributed by atoms with Crippen LogP contribution >= 0.6 is 0 Å². The highest BCUT2D eigenvalue weighted by Gasteiger charge is 2.38. The number of nitrogens with zero attached hydrogens (tertiary/aromatic N) is 3. The molecule has 0 spiro atoms. The molecule has 0 bridgehead atoms. The number of nitrogen functional groups attached to an aromatic ring is 1. The number of aromatic nitrogens is 2. The minimum absolute atomic E-state index is 0.152. The minimum atomic E-state index is -0.464. The molecule has 3 rings (SSSR count). The van der Waals surface area contributed by atoms with E-state index in [0.717, 1.165) is 4.90 Å². The van der Waals surface area contributed by atoms with Crippen LogP contribution in [0.15, 0.2) is 36.8 Å². The summed E-state index contributed by atoms with van der Waals surface area (Å²) in [6, 6.07) is 4.71. The maximum atomic E-state index is 12.1. The zero-order valence-corrected chi connectivity index (χ0v) is 9.20. The molecule has 0 saturated carbocycles. The molecule has 6 nitrogen and oxygen atoms in total. The Balaban J connectivity index is 2.16. The average molecular weight is 240 g/mol. The predicted molar refractivity (Wildman–Crippen MR) is 64.0 cm³/mol. The molecular formula is C12H8N4O2. The zero-order chi connectivity index (χ0) is 12.7. The Labute approximate surface area is 102 Å². The largest absolute Gasteiger partial charge is 0.396 e. The first-order chi connectivity index (χ1) is 8.70. The Bertz CT molecular complexity index is 634. The van der Waals surface area contributed by atoms with Gasteiger partial charge in [-0.3, -0.25) is 19.6 Å². The molecule has 0 fully saturated rings. The first-order valence-electron chi connectivity index (χ1n) is 5.23. The highest BCUT2D eigenvalue weighted by Crippen LogP contribution is 2.30. The summed E-state index contributed by atoms with van der Waals surface area (Å²) in [5.74, 6) is -0.880. The van der Waals surface area contributed by atoms with Gasteiger partial charge in [0.05, 0.1) is 23.1 Å². The third-order valence-corrected chi connectivity index (χ3v) is 2.72. The Hall–Kier alpha value is -2.76. The number of fused-ring (bicyclic) bond motifs is 1. The van der Waals surface area contributed by atoms with Gasteiger partial charge < -0.3 is 5.73 Å². The van der Waals surface area contributed by atoms with E-state index in [1.54, 1.807) is 12.1 Å². The molecule has 0 aromatic carbocycles. The van der Waals surface area contributed by atoms with Gasteiger partial charge in [-0.2, -0.15) is 0 Å². The van der Waals surface area contributed by atoms with Gasteiger partial charge in [0, 0.05) is 12.4 Å². The molecule has 6 heteroatoms. The van der Waals surface area contributed by atoms with Crippen LogP contribution in [0, 0.1) is 0 Å². The van der Waals surface area contributed by atoms with Gasteiger partial charge in [0.1, 0.15) is 5.69 Å². The molecule has 2 aromatic heterocycles. The lowest BCUT2D eigenvalue weighted by Gasteiger charge is -2.14. The summed E-state index contributed by atoms with van der Waals surface area (Å²) in [4.78, 5) is 33.1. The van der Waals surface area contributed by atoms with Crippen LogP contribution in [0.3, 0.4) is 0 Å². The lowest BCUT2D eigenvalue weighted by molar-refractivity contribution is 0.0925. The van der Waals surface area contributed by atoms with Gasteiger partial charge in [0.25, 0.3) is 11.8 Å². The number of carbonyl (C=O) groups is 2. The summed E-state index contributed by atoms with van der Waals surface area (Å²) in [5.41, 5.74) is 6.77. The first-order valence-corrected chi connectivity index (χ1v) is 5.23. The van der Waals surface area contributed by atoms with E-state index < -0.39 is 11.8 Å². The van der Waals surface area contributed by atoms with Gasteiger partial charge in [0.15, 0.2) is 0 Å². The zero-order valence-electron chi connectivity index (χ0n) is 9.20. The van der Waals surface area contributed by atoms with Crippen molar-refractivity contribution in [3.8, 4) is 0 Å². The van der Waals surface area contributed by atoms with Crippen LogP contribution in [-0.4, -0.2) is 21.8 Å². The fourth-order valence-corrected chi connectivity index (χ4v) is 1.89. The smallest absolute Gasteiger partial charge is 0.284 e. The maximum Gasteiger partial charge on any atom is 0.284 e. The van der Waals surface area contributed by atoms with Crippen molar-refractivity contribution in [3.63, 3.8) is 0 Å². The van der Waals surface area contributed by atoms with E-state index in [1.165, 1.54) is 24.7 Å². The summed E-state index contributed by atoms with van der Waals surface area (Å²) in [7, 11) is 0. The molecule has 0 unspecified atom stereocenters. The topological polar surface area (TPSA) is 89.2 Å². The second kappa shape index (κ2) is 3.63. The molecule has 0 radical (unpaired) electrons. The van der Waals surface area contributed by atoms with Crippen molar-refractivity contribution in [1.82, 2.24) is 9.97 Å². The van der Waals surface area contributed by atoms with Crippen molar-refractivity contribution >= 4 is 23.2 Å². The van der Waals surface area contributed by atoms with Gasteiger partial charge in [-0.05, 0) is 18.2 Å². The van der Waals surface area contributed by atoms with E-state index in [9.17, 15) is 9.59 Å². The number of anilines is 2. The SMILES string of the molecule is Nc1cnccc1N1C(=O)c2cccnc2C1=O. The molecule has 0 saturated heterocycles. The molecular weight excluding hydrogens is 232 g/mol. The summed E-state index contributed by atoms with van der Waals surface area (Å²) < 4.78 is 0. The Morgan fingerprint density at radius 2 is 1.94 bits per heavy atom. The fraction of sp³-hybridized carbons (Fsp3) is 0. The van der Waals surface area contributed by atoms with E-state index in [2.05, 4.69) is 9.97 Å². The highest BCUT2D eigenvalue weighted by molar-refractivity contribution is 6.34. The Kier molecular flexibility index (Phi) is 2.09. The molecule has 3 heterocycles. The molecule has 1 aliphatic rings. The molecule has 2 aromatic rings. The van der Waals surface area contributed by atoms with Gasteiger partial charge in [-0.1, -0.05) is 0 Å². The third-order valence-electron chi connectivity index (χ3n) is 2.72. The van der Waals surface area contributed by atoms with Gasteiger partial charge in [-0.15, -0.1) is 0 Å². The summed E-state index contributed by atoms with van der Waals surface area (Å²) >= 11 is 0. The number of rotatable bonds is 1. The van der Waals surface area contributed by atoms with E-state index in [4.69, 9.17) is 5.73 Å². The van der Waals surface area contributed by atoms with Crippen LogP contribution < -0.4 is 10.6 Å². The molecule has 88 valence electrons. The maximum absolute atomic E-state index is 12.1.